The number of aliphatic carboxylic acids is 1. The number of carbonyl (C=O) groups is 2. The minimum atomic E-state index is -4.04. The van der Waals surface area contributed by atoms with E-state index in [0.29, 0.717) is 11.3 Å². The highest BCUT2D eigenvalue weighted by Crippen LogP contribution is 2.63. The summed E-state index contributed by atoms with van der Waals surface area (Å²) >= 11 is 0. The molecule has 1 spiro atoms. The van der Waals surface area contributed by atoms with Gasteiger partial charge >= 0.3 is 13.6 Å². The van der Waals surface area contributed by atoms with Gasteiger partial charge in [0.05, 0.1) is 13.2 Å². The average Bonchev–Trinajstić information content (AvgIpc) is 3.09. The van der Waals surface area contributed by atoms with Crippen LogP contribution in [-0.2, 0) is 28.7 Å². The van der Waals surface area contributed by atoms with E-state index < -0.39 is 36.0 Å². The van der Waals surface area contributed by atoms with E-state index in [-0.39, 0.29) is 13.2 Å². The monoisotopic (exact) mass is 365 g/mol. The zero-order valence-electron chi connectivity index (χ0n) is 13.6. The molecule has 0 saturated heterocycles. The minimum Gasteiger partial charge on any atom is -0.478 e. The summed E-state index contributed by atoms with van der Waals surface area (Å²) in [6.45, 7) is 3.20. The van der Waals surface area contributed by atoms with Crippen LogP contribution in [-0.4, -0.2) is 30.2 Å². The maximum absolute atomic E-state index is 13.0. The fraction of sp³-hybridized carbons (Fsp3) is 0.333. The number of para-hydroxylation sites is 1. The van der Waals surface area contributed by atoms with Gasteiger partial charge < -0.3 is 19.5 Å². The normalized spacial score (nSPS) is 21.8. The Bertz CT molecular complexity index is 855. The number of carboxylic acid groups (broad SMARTS) is 1. The van der Waals surface area contributed by atoms with Crippen molar-refractivity contribution in [1.29, 1.82) is 0 Å². The molecule has 1 aromatic carbocycles. The summed E-state index contributed by atoms with van der Waals surface area (Å²) in [4.78, 5) is 24.6. The second kappa shape index (κ2) is 6.18. The second-order valence-corrected chi connectivity index (χ2v) is 7.18. The molecule has 132 valence electrons. The first-order valence-electron chi connectivity index (χ1n) is 7.62. The standard InChI is InChI=1S/C15H16N3O6P/c1-3-23-25(22,24-4-2)12-11(13(19)20)15(18-17-12)9-7-5-6-8-10(9)16-14(15)21/h5-8H,3-4H2,1-2H3,(H,16,21)(H,19,20). The van der Waals surface area contributed by atoms with Crippen molar-refractivity contribution < 1.29 is 28.3 Å². The zero-order valence-corrected chi connectivity index (χ0v) is 14.4. The van der Waals surface area contributed by atoms with Crippen molar-refractivity contribution in [2.24, 2.45) is 10.2 Å². The lowest BCUT2D eigenvalue weighted by molar-refractivity contribution is -0.135. The number of anilines is 1. The van der Waals surface area contributed by atoms with Crippen LogP contribution >= 0.6 is 7.60 Å². The summed E-state index contributed by atoms with van der Waals surface area (Å²) in [6.07, 6.45) is 0. The summed E-state index contributed by atoms with van der Waals surface area (Å²) in [5.74, 6) is -2.14. The first-order chi connectivity index (χ1) is 11.9. The number of rotatable bonds is 6. The summed E-state index contributed by atoms with van der Waals surface area (Å²) in [5, 5.41) is 20.1. The molecule has 0 fully saturated rings. The van der Waals surface area contributed by atoms with Gasteiger partial charge in [-0.15, -0.1) is 5.11 Å². The lowest BCUT2D eigenvalue weighted by Gasteiger charge is -2.20. The third kappa shape index (κ3) is 2.43. The number of azo groups is 1. The molecule has 0 radical (unpaired) electrons. The number of nitrogens with zero attached hydrogens (tertiary/aromatic N) is 2. The number of amides is 1. The van der Waals surface area contributed by atoms with Gasteiger partial charge in [-0.25, -0.2) is 4.79 Å². The van der Waals surface area contributed by atoms with Gasteiger partial charge in [0.2, 0.25) is 5.54 Å². The molecule has 1 aromatic rings. The van der Waals surface area contributed by atoms with E-state index in [4.69, 9.17) is 9.05 Å². The Labute approximate surface area is 143 Å². The van der Waals surface area contributed by atoms with Crippen LogP contribution in [0.3, 0.4) is 0 Å². The summed E-state index contributed by atoms with van der Waals surface area (Å²) in [7, 11) is -4.04. The van der Waals surface area contributed by atoms with Gasteiger partial charge in [0, 0.05) is 11.3 Å². The minimum absolute atomic E-state index is 0.0129. The van der Waals surface area contributed by atoms with Crippen LogP contribution in [0.4, 0.5) is 5.69 Å². The molecule has 0 aromatic heterocycles. The number of nitrogens with one attached hydrogen (secondary N) is 1. The van der Waals surface area contributed by atoms with Crippen molar-refractivity contribution in [3.05, 3.63) is 40.8 Å². The van der Waals surface area contributed by atoms with Gasteiger partial charge in [-0.3, -0.25) is 9.36 Å². The number of hydrogen-bond donors (Lipinski definition) is 2. The van der Waals surface area contributed by atoms with Crippen LogP contribution in [0.15, 0.2) is 45.5 Å². The van der Waals surface area contributed by atoms with Crippen molar-refractivity contribution in [1.82, 2.24) is 0 Å². The Morgan fingerprint density at radius 1 is 1.28 bits per heavy atom. The van der Waals surface area contributed by atoms with Gasteiger partial charge in [-0.2, -0.15) is 5.11 Å². The molecule has 0 saturated carbocycles. The highest BCUT2D eigenvalue weighted by molar-refractivity contribution is 7.58. The van der Waals surface area contributed by atoms with E-state index >= 15 is 0 Å². The molecule has 9 nitrogen and oxygen atoms in total. The SMILES string of the molecule is CCOP(=O)(OCC)C1=C(C(=O)O)C2(N=N1)C(=O)Nc1ccccc12. The molecule has 0 bridgehead atoms. The molecule has 1 unspecified atom stereocenters. The number of carbonyl (C=O) groups excluding carboxylic acids is 1. The molecule has 1 amide bonds. The summed E-state index contributed by atoms with van der Waals surface area (Å²) in [5.41, 5.74) is -2.11. The van der Waals surface area contributed by atoms with Gasteiger partial charge in [-0.1, -0.05) is 18.2 Å². The first-order valence-corrected chi connectivity index (χ1v) is 9.16. The van der Waals surface area contributed by atoms with Crippen LogP contribution in [0.5, 0.6) is 0 Å². The van der Waals surface area contributed by atoms with Gasteiger partial charge in [0.25, 0.3) is 5.91 Å². The van der Waals surface area contributed by atoms with Crippen molar-refractivity contribution in [2.75, 3.05) is 18.5 Å². The predicted octanol–water partition coefficient (Wildman–Crippen LogP) is 2.86. The Hall–Kier alpha value is -2.35. The third-order valence-corrected chi connectivity index (χ3v) is 5.87. The lowest BCUT2D eigenvalue weighted by Crippen LogP contribution is -2.36. The smallest absolute Gasteiger partial charge is 0.382 e. The van der Waals surface area contributed by atoms with Crippen LogP contribution in [0.1, 0.15) is 19.4 Å². The summed E-state index contributed by atoms with van der Waals surface area (Å²) in [6, 6.07) is 6.54. The average molecular weight is 365 g/mol. The van der Waals surface area contributed by atoms with Crippen LogP contribution < -0.4 is 5.32 Å². The van der Waals surface area contributed by atoms with Gasteiger partial charge in [0.1, 0.15) is 5.57 Å². The Morgan fingerprint density at radius 2 is 1.92 bits per heavy atom. The molecule has 2 aliphatic rings. The van der Waals surface area contributed by atoms with E-state index in [0.717, 1.165) is 0 Å². The molecule has 10 heteroatoms. The van der Waals surface area contributed by atoms with Gasteiger partial charge in [-0.05, 0) is 19.9 Å². The molecule has 25 heavy (non-hydrogen) atoms. The molecule has 3 rings (SSSR count). The topological polar surface area (TPSA) is 127 Å². The molecule has 0 aliphatic carbocycles. The fourth-order valence-corrected chi connectivity index (χ4v) is 4.60. The Balaban J connectivity index is 2.27. The van der Waals surface area contributed by atoms with E-state index in [9.17, 15) is 19.3 Å². The second-order valence-electron chi connectivity index (χ2n) is 5.25. The molecule has 2 heterocycles. The van der Waals surface area contributed by atoms with Crippen molar-refractivity contribution in [3.8, 4) is 0 Å². The number of carboxylic acids is 1. The summed E-state index contributed by atoms with van der Waals surface area (Å²) < 4.78 is 23.4. The molecular formula is C15H16N3O6P. The molecular weight excluding hydrogens is 349 g/mol. The predicted molar refractivity (Wildman–Crippen MR) is 87.1 cm³/mol. The quantitative estimate of drug-likeness (QED) is 0.746. The molecule has 2 aliphatic heterocycles. The maximum Gasteiger partial charge on any atom is 0.382 e. The largest absolute Gasteiger partial charge is 0.478 e. The van der Waals surface area contributed by atoms with Crippen LogP contribution in [0.2, 0.25) is 0 Å². The third-order valence-electron chi connectivity index (χ3n) is 3.85. The van der Waals surface area contributed by atoms with Crippen LogP contribution in [0, 0.1) is 0 Å². The number of fused-ring (bicyclic) bond motifs is 2. The van der Waals surface area contributed by atoms with E-state index in [1.165, 1.54) is 0 Å². The Morgan fingerprint density at radius 3 is 2.52 bits per heavy atom. The zero-order chi connectivity index (χ0) is 18.2. The molecule has 2 N–H and O–H groups in total. The lowest BCUT2D eigenvalue weighted by atomic mass is 9.85. The van der Waals surface area contributed by atoms with E-state index in [1.54, 1.807) is 38.1 Å². The van der Waals surface area contributed by atoms with Crippen molar-refractivity contribution in [3.63, 3.8) is 0 Å². The fourth-order valence-electron chi connectivity index (χ4n) is 2.92. The van der Waals surface area contributed by atoms with E-state index in [1.807, 2.05) is 0 Å². The Kier molecular flexibility index (Phi) is 4.32. The van der Waals surface area contributed by atoms with Gasteiger partial charge in [0.15, 0.2) is 5.44 Å². The first kappa shape index (κ1) is 17.5. The van der Waals surface area contributed by atoms with Crippen molar-refractivity contribution in [2.45, 2.75) is 19.4 Å². The maximum atomic E-state index is 13.0. The number of benzene rings is 1. The highest BCUT2D eigenvalue weighted by atomic mass is 31.2. The van der Waals surface area contributed by atoms with Crippen molar-refractivity contribution >= 4 is 25.2 Å². The van der Waals surface area contributed by atoms with E-state index in [2.05, 4.69) is 15.5 Å². The molecule has 1 atom stereocenters. The number of hydrogen-bond acceptors (Lipinski definition) is 7. The highest BCUT2D eigenvalue weighted by Gasteiger charge is 2.59. The van der Waals surface area contributed by atoms with Crippen LogP contribution in [0.25, 0.3) is 0 Å².